The summed E-state index contributed by atoms with van der Waals surface area (Å²) in [6, 6.07) is 8.62. The predicted octanol–water partition coefficient (Wildman–Crippen LogP) is 3.30. The molecule has 1 heterocycles. The van der Waals surface area contributed by atoms with Gasteiger partial charge in [0.05, 0.1) is 6.04 Å². The quantitative estimate of drug-likeness (QED) is 0.759. The predicted molar refractivity (Wildman–Crippen MR) is 75.0 cm³/mol. The van der Waals surface area contributed by atoms with Crippen molar-refractivity contribution >= 4 is 5.78 Å². The fourth-order valence-corrected chi connectivity index (χ4v) is 2.83. The molecule has 1 aromatic carbocycles. The van der Waals surface area contributed by atoms with E-state index in [-0.39, 0.29) is 11.8 Å². The van der Waals surface area contributed by atoms with Gasteiger partial charge in [0.15, 0.2) is 5.78 Å². The minimum absolute atomic E-state index is 0.00924. The van der Waals surface area contributed by atoms with E-state index in [0.29, 0.717) is 6.04 Å². The zero-order valence-corrected chi connectivity index (χ0v) is 11.6. The zero-order chi connectivity index (χ0) is 13.1. The van der Waals surface area contributed by atoms with E-state index in [2.05, 4.69) is 30.9 Å². The van der Waals surface area contributed by atoms with Crippen molar-refractivity contribution in [2.24, 2.45) is 0 Å². The highest BCUT2D eigenvalue weighted by atomic mass is 16.1. The minimum Gasteiger partial charge on any atom is -0.292 e. The average Bonchev–Trinajstić information content (AvgIpc) is 2.83. The van der Waals surface area contributed by atoms with Crippen LogP contribution in [0.15, 0.2) is 24.3 Å². The lowest BCUT2D eigenvalue weighted by Gasteiger charge is -2.27. The van der Waals surface area contributed by atoms with Gasteiger partial charge in [-0.2, -0.15) is 0 Å². The molecular weight excluding hydrogens is 222 g/mol. The van der Waals surface area contributed by atoms with Crippen LogP contribution in [0.3, 0.4) is 0 Å². The zero-order valence-electron chi connectivity index (χ0n) is 11.6. The third kappa shape index (κ3) is 2.64. The molecule has 1 aliphatic heterocycles. The Morgan fingerprint density at radius 3 is 2.56 bits per heavy atom. The van der Waals surface area contributed by atoms with Crippen LogP contribution in [0.1, 0.15) is 49.5 Å². The van der Waals surface area contributed by atoms with Gasteiger partial charge >= 0.3 is 0 Å². The van der Waals surface area contributed by atoms with E-state index in [4.69, 9.17) is 0 Å². The van der Waals surface area contributed by atoms with Crippen LogP contribution in [0.5, 0.6) is 0 Å². The van der Waals surface area contributed by atoms with Crippen molar-refractivity contribution in [3.05, 3.63) is 35.4 Å². The van der Waals surface area contributed by atoms with Gasteiger partial charge in [0.25, 0.3) is 0 Å². The van der Waals surface area contributed by atoms with Gasteiger partial charge in [-0.3, -0.25) is 9.69 Å². The smallest absolute Gasteiger partial charge is 0.179 e. The van der Waals surface area contributed by atoms with Crippen molar-refractivity contribution in [3.63, 3.8) is 0 Å². The van der Waals surface area contributed by atoms with Gasteiger partial charge in [-0.05, 0) is 45.2 Å². The maximum Gasteiger partial charge on any atom is 0.179 e. The number of hydrogen-bond acceptors (Lipinski definition) is 2. The first-order valence-electron chi connectivity index (χ1n) is 7.02. The van der Waals surface area contributed by atoms with Crippen LogP contribution in [0.25, 0.3) is 0 Å². The molecule has 2 rings (SSSR count). The molecule has 1 fully saturated rings. The Morgan fingerprint density at radius 1 is 1.39 bits per heavy atom. The number of carbonyl (C=O) groups excluding carboxylic acids is 1. The molecule has 0 radical (unpaired) electrons. The summed E-state index contributed by atoms with van der Waals surface area (Å²) in [5.74, 6) is 0.256. The number of nitrogens with zero attached hydrogens (tertiary/aromatic N) is 1. The monoisotopic (exact) mass is 245 g/mol. The Bertz CT molecular complexity index is 410. The normalized spacial score (nSPS) is 22.1. The lowest BCUT2D eigenvalue weighted by atomic mass is 10.0. The topological polar surface area (TPSA) is 20.3 Å². The summed E-state index contributed by atoms with van der Waals surface area (Å²) >= 11 is 0. The molecule has 0 N–H and O–H groups in total. The molecule has 98 valence electrons. The number of carbonyl (C=O) groups is 1. The standard InChI is InChI=1S/C16H23NO/c1-4-14-7-9-15(10-8-14)16(18)13(3)17-11-5-6-12(17)2/h7-10,12-13H,4-6,11H2,1-3H3. The molecule has 0 bridgehead atoms. The first-order valence-corrected chi connectivity index (χ1v) is 7.02. The van der Waals surface area contributed by atoms with Crippen LogP contribution in [0.4, 0.5) is 0 Å². The van der Waals surface area contributed by atoms with Crippen molar-refractivity contribution in [2.75, 3.05) is 6.54 Å². The molecule has 2 heteroatoms. The van der Waals surface area contributed by atoms with Gasteiger partial charge in [-0.25, -0.2) is 0 Å². The SMILES string of the molecule is CCc1ccc(C(=O)C(C)N2CCCC2C)cc1. The van der Waals surface area contributed by atoms with Gasteiger partial charge in [0.1, 0.15) is 0 Å². The molecule has 2 atom stereocenters. The van der Waals surface area contributed by atoms with Gasteiger partial charge < -0.3 is 0 Å². The van der Waals surface area contributed by atoms with E-state index in [1.165, 1.54) is 18.4 Å². The molecule has 2 unspecified atom stereocenters. The molecule has 1 saturated heterocycles. The number of hydrogen-bond donors (Lipinski definition) is 0. The Kier molecular flexibility index (Phi) is 4.18. The van der Waals surface area contributed by atoms with Crippen LogP contribution in [0, 0.1) is 0 Å². The van der Waals surface area contributed by atoms with Crippen molar-refractivity contribution in [1.29, 1.82) is 0 Å². The summed E-state index contributed by atoms with van der Waals surface area (Å²) in [6.07, 6.45) is 3.45. The summed E-state index contributed by atoms with van der Waals surface area (Å²) in [7, 11) is 0. The molecule has 0 spiro atoms. The van der Waals surface area contributed by atoms with E-state index in [9.17, 15) is 4.79 Å². The van der Waals surface area contributed by atoms with Crippen LogP contribution in [-0.4, -0.2) is 29.3 Å². The summed E-state index contributed by atoms with van der Waals surface area (Å²) < 4.78 is 0. The van der Waals surface area contributed by atoms with Crippen LogP contribution < -0.4 is 0 Å². The van der Waals surface area contributed by atoms with Crippen molar-refractivity contribution in [1.82, 2.24) is 4.90 Å². The Balaban J connectivity index is 2.09. The third-order valence-corrected chi connectivity index (χ3v) is 4.13. The number of Topliss-reactive ketones (excluding diaryl/α,β-unsaturated/α-hetero) is 1. The molecule has 0 saturated carbocycles. The lowest BCUT2D eigenvalue weighted by molar-refractivity contribution is 0.0829. The number of rotatable bonds is 4. The third-order valence-electron chi connectivity index (χ3n) is 4.13. The van der Waals surface area contributed by atoms with E-state index in [0.717, 1.165) is 18.5 Å². The second kappa shape index (κ2) is 5.66. The van der Waals surface area contributed by atoms with Crippen molar-refractivity contribution < 1.29 is 4.79 Å². The highest BCUT2D eigenvalue weighted by Crippen LogP contribution is 2.21. The molecule has 0 aliphatic carbocycles. The highest BCUT2D eigenvalue weighted by Gasteiger charge is 2.29. The fraction of sp³-hybridized carbons (Fsp3) is 0.562. The first kappa shape index (κ1) is 13.3. The molecular formula is C16H23NO. The average molecular weight is 245 g/mol. The fourth-order valence-electron chi connectivity index (χ4n) is 2.83. The molecule has 0 aromatic heterocycles. The highest BCUT2D eigenvalue weighted by molar-refractivity contribution is 5.99. The Morgan fingerprint density at radius 2 is 2.06 bits per heavy atom. The lowest BCUT2D eigenvalue weighted by Crippen LogP contribution is -2.40. The van der Waals surface area contributed by atoms with Crippen molar-refractivity contribution in [2.45, 2.75) is 52.1 Å². The second-order valence-corrected chi connectivity index (χ2v) is 5.32. The van der Waals surface area contributed by atoms with Gasteiger partial charge in [-0.15, -0.1) is 0 Å². The second-order valence-electron chi connectivity index (χ2n) is 5.32. The van der Waals surface area contributed by atoms with E-state index in [1.807, 2.05) is 19.1 Å². The van der Waals surface area contributed by atoms with Crippen molar-refractivity contribution in [3.8, 4) is 0 Å². The Labute approximate surface area is 110 Å². The molecule has 18 heavy (non-hydrogen) atoms. The maximum absolute atomic E-state index is 12.4. The van der Waals surface area contributed by atoms with Gasteiger partial charge in [-0.1, -0.05) is 31.2 Å². The number of likely N-dealkylation sites (tertiary alicyclic amines) is 1. The summed E-state index contributed by atoms with van der Waals surface area (Å²) in [4.78, 5) is 14.8. The van der Waals surface area contributed by atoms with E-state index in [1.54, 1.807) is 0 Å². The minimum atomic E-state index is 0.00924. The van der Waals surface area contributed by atoms with Crippen LogP contribution in [-0.2, 0) is 6.42 Å². The Hall–Kier alpha value is -1.15. The van der Waals surface area contributed by atoms with Gasteiger partial charge in [0, 0.05) is 11.6 Å². The largest absolute Gasteiger partial charge is 0.292 e. The molecule has 0 amide bonds. The molecule has 1 aromatic rings. The van der Waals surface area contributed by atoms with E-state index < -0.39 is 0 Å². The number of aryl methyl sites for hydroxylation is 1. The molecule has 1 aliphatic rings. The van der Waals surface area contributed by atoms with E-state index >= 15 is 0 Å². The molecule has 2 nitrogen and oxygen atoms in total. The number of ketones is 1. The summed E-state index contributed by atoms with van der Waals surface area (Å²) in [6.45, 7) is 7.45. The number of benzene rings is 1. The van der Waals surface area contributed by atoms with Gasteiger partial charge in [0.2, 0.25) is 0 Å². The van der Waals surface area contributed by atoms with Crippen LogP contribution in [0.2, 0.25) is 0 Å². The summed E-state index contributed by atoms with van der Waals surface area (Å²) in [5, 5.41) is 0. The maximum atomic E-state index is 12.4. The van der Waals surface area contributed by atoms with Crippen LogP contribution >= 0.6 is 0 Å². The first-order chi connectivity index (χ1) is 8.63. The summed E-state index contributed by atoms with van der Waals surface area (Å²) in [5.41, 5.74) is 2.13.